The molecule has 696 valence electrons. The first kappa shape index (κ1) is 96.7. The standard InChI is InChI=1S/C98H103N9O26/c1-6-70-76(128-97-87(121-57-66-44-26-12-27-45-66)81(119-55-64-40-22-10-23-41-64)83(85(132-97)92(111)113-3)131-96-75(104-107-101)79(117-53-62-36-18-8-19-37-62)77(116-52-61-34-16-7-17-35-61)71(126-96)58-122-89(108)67-46-28-13-29-47-67)60(2)73(102-105-99)95(124-70)130-84-82(120-56-65-42-24-11-25-43-65)88(127-91(110)69-50-32-15-33-51-69)98(133-86(84)93(112)114-4)129-78-72(59-123-90(109)68-48-30-14-31-49-68)125-94(115-5)74(103-106-100)80(78)118-54-63-38-20-9-21-39-63/h7-51,60,70-88,94-98H,6,52-59H2,1-5H3/t60-,70?,71?,72?,73?,74?,75?,76-,77+,78+,79-,80-,81+,82-,83-,84-,85?,86?,87?,88?,94-,95+,96+,97-,98-/m1/s1. The Morgan fingerprint density at radius 3 is 0.985 bits per heavy atom. The molecule has 0 saturated carbocycles. The third-order valence-corrected chi connectivity index (χ3v) is 23.2. The molecule has 133 heavy (non-hydrogen) atoms. The van der Waals surface area contributed by atoms with E-state index >= 15 is 14.4 Å². The van der Waals surface area contributed by atoms with E-state index in [9.17, 15) is 26.2 Å². The Balaban J connectivity index is 0.834. The first-order valence-corrected chi connectivity index (χ1v) is 43.5. The molecule has 0 aliphatic carbocycles. The van der Waals surface area contributed by atoms with E-state index in [-0.39, 0.29) is 62.8 Å². The van der Waals surface area contributed by atoms with Crippen LogP contribution in [0, 0.1) is 5.92 Å². The van der Waals surface area contributed by atoms with Gasteiger partial charge in [0.2, 0.25) is 0 Å². The molecule has 5 aliphatic heterocycles. The van der Waals surface area contributed by atoms with Crippen molar-refractivity contribution in [2.24, 2.45) is 21.3 Å². The van der Waals surface area contributed by atoms with E-state index < -0.39 is 196 Å². The van der Waals surface area contributed by atoms with Crippen LogP contribution in [0.4, 0.5) is 0 Å². The summed E-state index contributed by atoms with van der Waals surface area (Å²) >= 11 is 0. The van der Waals surface area contributed by atoms with Gasteiger partial charge < -0.3 is 99.5 Å². The van der Waals surface area contributed by atoms with E-state index in [4.69, 9.17) is 99.5 Å². The summed E-state index contributed by atoms with van der Waals surface area (Å²) in [6.07, 6.45) is -32.9. The topological polar surface area (TPSA) is 425 Å². The van der Waals surface area contributed by atoms with Crippen LogP contribution in [0.5, 0.6) is 0 Å². The molecule has 5 aliphatic rings. The average molecular weight is 1820 g/mol. The second kappa shape index (κ2) is 48.9. The van der Waals surface area contributed by atoms with E-state index in [1.165, 1.54) is 19.2 Å². The fourth-order valence-electron chi connectivity index (χ4n) is 16.5. The largest absolute Gasteiger partial charge is 0.467 e. The summed E-state index contributed by atoms with van der Waals surface area (Å²) < 4.78 is 141. The molecule has 35 heteroatoms. The molecule has 14 rings (SSSR count). The Morgan fingerprint density at radius 1 is 0.308 bits per heavy atom. The molecule has 25 atom stereocenters. The van der Waals surface area contributed by atoms with Gasteiger partial charge in [-0.1, -0.05) is 266 Å². The molecule has 10 unspecified atom stereocenters. The number of benzene rings is 9. The second-order valence-electron chi connectivity index (χ2n) is 31.7. The molecule has 5 saturated heterocycles. The van der Waals surface area contributed by atoms with Crippen molar-refractivity contribution in [3.8, 4) is 0 Å². The summed E-state index contributed by atoms with van der Waals surface area (Å²) in [6, 6.07) is 74.5. The highest BCUT2D eigenvalue weighted by Crippen LogP contribution is 2.44. The Bertz CT molecular complexity index is 5310. The zero-order chi connectivity index (χ0) is 92.8. The summed E-state index contributed by atoms with van der Waals surface area (Å²) in [6.45, 7) is 1.55. The van der Waals surface area contributed by atoms with Gasteiger partial charge in [-0.05, 0) is 98.7 Å². The lowest BCUT2D eigenvalue weighted by Gasteiger charge is -2.51. The number of nitrogens with zero attached hydrogens (tertiary/aromatic N) is 9. The number of azide groups is 3. The molecule has 5 fully saturated rings. The van der Waals surface area contributed by atoms with Crippen molar-refractivity contribution < 1.29 is 123 Å². The van der Waals surface area contributed by atoms with Crippen molar-refractivity contribution in [2.75, 3.05) is 34.5 Å². The number of hydrogen-bond donors (Lipinski definition) is 0. The Hall–Kier alpha value is -12.4. The lowest BCUT2D eigenvalue weighted by Crippen LogP contribution is -2.68. The first-order valence-electron chi connectivity index (χ1n) is 43.5. The molecule has 5 heterocycles. The van der Waals surface area contributed by atoms with Crippen molar-refractivity contribution in [1.29, 1.82) is 0 Å². The predicted octanol–water partition coefficient (Wildman–Crippen LogP) is 14.7. The van der Waals surface area contributed by atoms with Gasteiger partial charge in [0.1, 0.15) is 92.4 Å². The molecule has 0 bridgehead atoms. The van der Waals surface area contributed by atoms with Crippen LogP contribution in [0.2, 0.25) is 0 Å². The minimum Gasteiger partial charge on any atom is -0.467 e. The number of methoxy groups -OCH3 is 3. The predicted molar refractivity (Wildman–Crippen MR) is 471 cm³/mol. The van der Waals surface area contributed by atoms with Crippen molar-refractivity contribution in [3.05, 3.63) is 354 Å². The Kier molecular flexibility index (Phi) is 35.5. The molecule has 0 N–H and O–H groups in total. The van der Waals surface area contributed by atoms with Crippen LogP contribution >= 0.6 is 0 Å². The van der Waals surface area contributed by atoms with Crippen LogP contribution in [-0.2, 0) is 149 Å². The number of carbonyl (C=O) groups excluding carboxylic acids is 5. The third-order valence-electron chi connectivity index (χ3n) is 23.2. The van der Waals surface area contributed by atoms with E-state index in [0.717, 1.165) is 25.3 Å². The fraction of sp³-hybridized carbons (Fsp3) is 0.398. The van der Waals surface area contributed by atoms with E-state index in [0.29, 0.717) is 22.3 Å². The van der Waals surface area contributed by atoms with Crippen LogP contribution in [0.3, 0.4) is 0 Å². The fourth-order valence-corrected chi connectivity index (χ4v) is 16.5. The Labute approximate surface area is 767 Å². The van der Waals surface area contributed by atoms with Gasteiger partial charge in [0.25, 0.3) is 0 Å². The van der Waals surface area contributed by atoms with Crippen molar-refractivity contribution >= 4 is 29.8 Å². The molecule has 9 aromatic carbocycles. The van der Waals surface area contributed by atoms with Crippen LogP contribution in [0.1, 0.15) is 84.7 Å². The summed E-state index contributed by atoms with van der Waals surface area (Å²) in [5, 5.41) is 12.8. The van der Waals surface area contributed by atoms with Gasteiger partial charge in [-0.2, -0.15) is 0 Å². The zero-order valence-corrected chi connectivity index (χ0v) is 73.4. The maximum atomic E-state index is 15.2. The molecule has 9 aromatic rings. The van der Waals surface area contributed by atoms with Crippen molar-refractivity contribution in [1.82, 2.24) is 0 Å². The molecule has 0 aromatic heterocycles. The van der Waals surface area contributed by atoms with Gasteiger partial charge in [-0.15, -0.1) is 0 Å². The molecule has 35 nitrogen and oxygen atoms in total. The molecule has 0 amide bonds. The van der Waals surface area contributed by atoms with E-state index in [1.54, 1.807) is 147 Å². The van der Waals surface area contributed by atoms with Crippen LogP contribution < -0.4 is 0 Å². The van der Waals surface area contributed by atoms with Gasteiger partial charge in [0, 0.05) is 21.8 Å². The number of hydrogen-bond acceptors (Lipinski definition) is 29. The van der Waals surface area contributed by atoms with Crippen LogP contribution in [-0.4, -0.2) is 212 Å². The molecule has 0 spiro atoms. The number of ether oxygens (including phenoxy) is 21. The molecular weight excluding hydrogens is 1720 g/mol. The lowest BCUT2D eigenvalue weighted by atomic mass is 9.87. The maximum Gasteiger partial charge on any atom is 0.338 e. The quantitative estimate of drug-likeness (QED) is 0.0113. The number of esters is 5. The monoisotopic (exact) mass is 1820 g/mol. The third kappa shape index (κ3) is 25.1. The zero-order valence-electron chi connectivity index (χ0n) is 73.4. The van der Waals surface area contributed by atoms with Gasteiger partial charge in [-0.25, -0.2) is 24.0 Å². The molecular formula is C98H103N9O26. The summed E-state index contributed by atoms with van der Waals surface area (Å²) in [4.78, 5) is 83.4. The highest BCUT2D eigenvalue weighted by atomic mass is 16.8. The molecule has 0 radical (unpaired) electrons. The van der Waals surface area contributed by atoms with E-state index in [2.05, 4.69) is 30.1 Å². The number of rotatable bonds is 41. The smallest absolute Gasteiger partial charge is 0.338 e. The summed E-state index contributed by atoms with van der Waals surface area (Å²) in [7, 11) is 3.55. The second-order valence-corrected chi connectivity index (χ2v) is 31.7. The van der Waals surface area contributed by atoms with Crippen molar-refractivity contribution in [2.45, 2.75) is 207 Å². The van der Waals surface area contributed by atoms with Gasteiger partial charge in [0.15, 0.2) is 49.8 Å². The average Bonchev–Trinajstić information content (AvgIpc) is 0.754. The van der Waals surface area contributed by atoms with Crippen LogP contribution in [0.15, 0.2) is 288 Å². The minimum atomic E-state index is -1.98. The summed E-state index contributed by atoms with van der Waals surface area (Å²) in [5.74, 6) is -5.61. The SMILES string of the molecule is CCC1O[C@@H](O[C@H]2C(C(=O)OC)O[C@@H](O[C@H]3C(COC(=O)c4ccccc4)O[C@@H](OC)C(N=[N+]=[N-])[C@H]3OCc3ccccc3)C(OC(=O)c3ccccc3)[C@@H]2OCc2ccccc2)C(N=[N+]=[N-])[C@@H](C)[C@H]1O[C@@H]1OC(C(=O)OC)[C@H](O[C@@H]2OC(COC(=O)c3ccccc3)[C@H](OCc3ccccc3)[C@H](OCc3ccccc3)C2N=[N+]=[N-])[C@H](OCc2ccccc2)C1OCc1ccccc1. The van der Waals surface area contributed by atoms with Gasteiger partial charge >= 0.3 is 29.8 Å². The van der Waals surface area contributed by atoms with Crippen molar-refractivity contribution in [3.63, 3.8) is 0 Å². The maximum absolute atomic E-state index is 15.2. The highest BCUT2D eigenvalue weighted by molar-refractivity contribution is 5.90. The highest BCUT2D eigenvalue weighted by Gasteiger charge is 2.61. The number of carbonyl (C=O) groups is 5. The minimum absolute atomic E-state index is 0.0236. The summed E-state index contributed by atoms with van der Waals surface area (Å²) in [5.41, 5.74) is 36.4. The first-order chi connectivity index (χ1) is 65.2. The van der Waals surface area contributed by atoms with Gasteiger partial charge in [-0.3, -0.25) is 0 Å². The normalized spacial score (nSPS) is 28.4. The van der Waals surface area contributed by atoms with Gasteiger partial charge in [0.05, 0.1) is 88.8 Å². The van der Waals surface area contributed by atoms with E-state index in [1.807, 2.05) is 127 Å². The van der Waals surface area contributed by atoms with Crippen LogP contribution in [0.25, 0.3) is 31.3 Å². The Morgan fingerprint density at radius 2 is 0.602 bits per heavy atom. The lowest BCUT2D eigenvalue weighted by molar-refractivity contribution is -0.378.